The number of hydrogen-bond acceptors (Lipinski definition) is 6. The summed E-state index contributed by atoms with van der Waals surface area (Å²) in [5, 5.41) is 10.6. The highest BCUT2D eigenvalue weighted by atomic mass is 32.2. The van der Waals surface area contributed by atoms with Crippen molar-refractivity contribution in [3.05, 3.63) is 5.01 Å². The number of anilines is 1. The molecule has 0 aromatic carbocycles. The average molecular weight is 341 g/mol. The van der Waals surface area contributed by atoms with Gasteiger partial charge in [-0.15, -0.1) is 10.2 Å². The number of amides is 1. The van der Waals surface area contributed by atoms with E-state index in [4.69, 9.17) is 0 Å². The molecule has 3 rings (SSSR count). The Morgan fingerprint density at radius 3 is 2.55 bits per heavy atom. The Kier molecular flexibility index (Phi) is 4.64. The van der Waals surface area contributed by atoms with Crippen LogP contribution in [0.25, 0.3) is 0 Å². The van der Waals surface area contributed by atoms with Crippen molar-refractivity contribution in [1.29, 1.82) is 0 Å². The first kappa shape index (κ1) is 16.1. The molecule has 22 heavy (non-hydrogen) atoms. The third kappa shape index (κ3) is 3.25. The number of carbonyl (C=O) groups excluding carboxylic acids is 1. The Hall–Kier alpha value is -0.820. The quantitative estimate of drug-likeness (QED) is 0.827. The molecule has 0 saturated carbocycles. The van der Waals surface area contributed by atoms with Gasteiger partial charge in [0.25, 0.3) is 0 Å². The molecule has 0 spiro atoms. The topological polar surface area (TPSA) is 49.3 Å². The zero-order valence-corrected chi connectivity index (χ0v) is 15.2. The van der Waals surface area contributed by atoms with Crippen LogP contribution in [0.1, 0.15) is 38.6 Å². The second-order valence-corrected chi connectivity index (χ2v) is 9.11. The molecule has 2 aliphatic heterocycles. The Morgan fingerprint density at radius 1 is 1.18 bits per heavy atom. The van der Waals surface area contributed by atoms with E-state index in [9.17, 15) is 4.79 Å². The van der Waals surface area contributed by atoms with Gasteiger partial charge < -0.3 is 9.80 Å². The van der Waals surface area contributed by atoms with Crippen LogP contribution in [-0.4, -0.2) is 58.2 Å². The predicted octanol–water partition coefficient (Wildman–Crippen LogP) is 2.38. The van der Waals surface area contributed by atoms with Gasteiger partial charge in [0.2, 0.25) is 11.0 Å². The van der Waals surface area contributed by atoms with E-state index in [0.717, 1.165) is 54.1 Å². The molecule has 1 amide bonds. The molecule has 0 radical (unpaired) electrons. The van der Waals surface area contributed by atoms with Crippen molar-refractivity contribution < 1.29 is 4.79 Å². The van der Waals surface area contributed by atoms with E-state index >= 15 is 0 Å². The molecule has 2 fully saturated rings. The third-order valence-electron chi connectivity index (χ3n) is 4.16. The lowest BCUT2D eigenvalue weighted by Gasteiger charge is -2.32. The molecule has 5 nitrogen and oxygen atoms in total. The normalized spacial score (nSPS) is 23.1. The first-order valence-corrected chi connectivity index (χ1v) is 9.91. The third-order valence-corrected chi connectivity index (χ3v) is 6.49. The summed E-state index contributed by atoms with van der Waals surface area (Å²) < 4.78 is 0. The lowest BCUT2D eigenvalue weighted by atomic mass is 9.98. The fourth-order valence-electron chi connectivity index (χ4n) is 2.88. The highest BCUT2D eigenvalue weighted by Gasteiger charge is 2.36. The molecular formula is C15H24N4OS2. The molecule has 1 aromatic rings. The van der Waals surface area contributed by atoms with E-state index in [1.807, 2.05) is 16.7 Å². The number of rotatable bonds is 2. The standard InChI is InChI=1S/C15H24N4OS2/c1-15(2,3)13-16-17-14(22-13)19-6-4-5-11(19)12(20)18-7-9-21-10-8-18/h11H,4-10H2,1-3H3. The van der Waals surface area contributed by atoms with E-state index in [-0.39, 0.29) is 17.4 Å². The zero-order valence-electron chi connectivity index (χ0n) is 13.5. The van der Waals surface area contributed by atoms with Gasteiger partial charge in [-0.3, -0.25) is 4.79 Å². The first-order chi connectivity index (χ1) is 10.5. The van der Waals surface area contributed by atoms with Gasteiger partial charge in [-0.05, 0) is 12.8 Å². The molecule has 7 heteroatoms. The van der Waals surface area contributed by atoms with Gasteiger partial charge in [-0.1, -0.05) is 32.1 Å². The zero-order chi connectivity index (χ0) is 15.7. The van der Waals surface area contributed by atoms with E-state index in [1.54, 1.807) is 11.3 Å². The summed E-state index contributed by atoms with van der Waals surface area (Å²) in [6.07, 6.45) is 2.00. The van der Waals surface area contributed by atoms with E-state index in [2.05, 4.69) is 35.9 Å². The SMILES string of the molecule is CC(C)(C)c1nnc(N2CCCC2C(=O)N2CCSCC2)s1. The van der Waals surface area contributed by atoms with Gasteiger partial charge in [0.05, 0.1) is 0 Å². The highest BCUT2D eigenvalue weighted by molar-refractivity contribution is 7.99. The van der Waals surface area contributed by atoms with Crippen LogP contribution in [0.2, 0.25) is 0 Å². The Morgan fingerprint density at radius 2 is 1.91 bits per heavy atom. The smallest absolute Gasteiger partial charge is 0.245 e. The second kappa shape index (κ2) is 6.35. The average Bonchev–Trinajstić information content (AvgIpc) is 3.15. The Balaban J connectivity index is 1.75. The van der Waals surface area contributed by atoms with Crippen molar-refractivity contribution >= 4 is 34.1 Å². The maximum absolute atomic E-state index is 12.8. The van der Waals surface area contributed by atoms with Crippen molar-refractivity contribution in [3.63, 3.8) is 0 Å². The summed E-state index contributed by atoms with van der Waals surface area (Å²) in [5.41, 5.74) is 0.0131. The van der Waals surface area contributed by atoms with Gasteiger partial charge in [-0.2, -0.15) is 11.8 Å². The summed E-state index contributed by atoms with van der Waals surface area (Å²) in [6.45, 7) is 9.13. The summed E-state index contributed by atoms with van der Waals surface area (Å²) in [7, 11) is 0. The Bertz CT molecular complexity index is 534. The van der Waals surface area contributed by atoms with Crippen LogP contribution in [0, 0.1) is 0 Å². The maximum Gasteiger partial charge on any atom is 0.245 e. The summed E-state index contributed by atoms with van der Waals surface area (Å²) in [5.74, 6) is 2.40. The fraction of sp³-hybridized carbons (Fsp3) is 0.800. The van der Waals surface area contributed by atoms with Crippen molar-refractivity contribution in [2.45, 2.75) is 45.1 Å². The number of aromatic nitrogens is 2. The molecule has 0 bridgehead atoms. The summed E-state index contributed by atoms with van der Waals surface area (Å²) in [6, 6.07) is -0.0381. The van der Waals surface area contributed by atoms with E-state index in [0.29, 0.717) is 0 Å². The lowest BCUT2D eigenvalue weighted by molar-refractivity contribution is -0.132. The van der Waals surface area contributed by atoms with Crippen molar-refractivity contribution in [3.8, 4) is 0 Å². The molecular weight excluding hydrogens is 316 g/mol. The van der Waals surface area contributed by atoms with Crippen molar-refractivity contribution in [2.24, 2.45) is 0 Å². The minimum atomic E-state index is -0.0381. The second-order valence-electron chi connectivity index (χ2n) is 6.93. The first-order valence-electron chi connectivity index (χ1n) is 7.94. The fourth-order valence-corrected chi connectivity index (χ4v) is 4.76. The van der Waals surface area contributed by atoms with Gasteiger partial charge >= 0.3 is 0 Å². The minimum Gasteiger partial charge on any atom is -0.339 e. The molecule has 1 unspecified atom stereocenters. The number of hydrogen-bond donors (Lipinski definition) is 0. The van der Waals surface area contributed by atoms with E-state index < -0.39 is 0 Å². The van der Waals surface area contributed by atoms with Crippen LogP contribution in [0.5, 0.6) is 0 Å². The van der Waals surface area contributed by atoms with Gasteiger partial charge in [0.1, 0.15) is 11.0 Å². The van der Waals surface area contributed by atoms with Gasteiger partial charge in [0, 0.05) is 36.6 Å². The Labute approximate surface area is 140 Å². The van der Waals surface area contributed by atoms with E-state index in [1.165, 1.54) is 0 Å². The van der Waals surface area contributed by atoms with Crippen LogP contribution in [0.15, 0.2) is 0 Å². The number of carbonyl (C=O) groups is 1. The summed E-state index contributed by atoms with van der Waals surface area (Å²) >= 11 is 3.57. The minimum absolute atomic E-state index is 0.0131. The van der Waals surface area contributed by atoms with Crippen molar-refractivity contribution in [1.82, 2.24) is 15.1 Å². The van der Waals surface area contributed by atoms with Crippen molar-refractivity contribution in [2.75, 3.05) is 36.0 Å². The van der Waals surface area contributed by atoms with Crippen LogP contribution < -0.4 is 4.90 Å². The molecule has 122 valence electrons. The molecule has 1 aromatic heterocycles. The number of nitrogens with zero attached hydrogens (tertiary/aromatic N) is 4. The molecule has 3 heterocycles. The van der Waals surface area contributed by atoms with Gasteiger partial charge in [0.15, 0.2) is 0 Å². The van der Waals surface area contributed by atoms with Crippen LogP contribution in [-0.2, 0) is 10.2 Å². The number of thioether (sulfide) groups is 1. The van der Waals surface area contributed by atoms with Crippen LogP contribution in [0.4, 0.5) is 5.13 Å². The van der Waals surface area contributed by atoms with Crippen LogP contribution in [0.3, 0.4) is 0 Å². The lowest BCUT2D eigenvalue weighted by Crippen LogP contribution is -2.48. The van der Waals surface area contributed by atoms with Crippen LogP contribution >= 0.6 is 23.1 Å². The summed E-state index contributed by atoms with van der Waals surface area (Å²) in [4.78, 5) is 17.0. The molecule has 2 aliphatic rings. The molecule has 0 N–H and O–H groups in total. The monoisotopic (exact) mass is 340 g/mol. The largest absolute Gasteiger partial charge is 0.339 e. The highest BCUT2D eigenvalue weighted by Crippen LogP contribution is 2.34. The molecule has 2 saturated heterocycles. The molecule has 0 aliphatic carbocycles. The van der Waals surface area contributed by atoms with Gasteiger partial charge in [-0.25, -0.2) is 0 Å². The maximum atomic E-state index is 12.8. The predicted molar refractivity (Wildman–Crippen MR) is 92.9 cm³/mol. The molecule has 1 atom stereocenters.